The van der Waals surface area contributed by atoms with Crippen molar-refractivity contribution in [2.45, 2.75) is 6.92 Å². The number of carbonyl (C=O) groups excluding carboxylic acids is 1. The Hall–Kier alpha value is -1.42. The molecular weight excluding hydrogens is 345 g/mol. The minimum atomic E-state index is -0.384. The van der Waals surface area contributed by atoms with Gasteiger partial charge in [-0.05, 0) is 31.2 Å². The first-order valence-corrected chi connectivity index (χ1v) is 7.73. The Bertz CT molecular complexity index is 672. The number of amides is 1. The zero-order valence-corrected chi connectivity index (χ0v) is 14.1. The average molecular weight is 359 g/mol. The monoisotopic (exact) mass is 357 g/mol. The molecular formula is C16H14Cl3NO2. The van der Waals surface area contributed by atoms with Crippen LogP contribution in [-0.2, 0) is 0 Å². The molecule has 0 aliphatic carbocycles. The van der Waals surface area contributed by atoms with Crippen LogP contribution in [0.2, 0.25) is 15.1 Å². The van der Waals surface area contributed by atoms with Crippen molar-refractivity contribution in [3.8, 4) is 5.75 Å². The number of aryl methyl sites for hydroxylation is 1. The summed E-state index contributed by atoms with van der Waals surface area (Å²) in [5, 5.41) is 3.38. The van der Waals surface area contributed by atoms with Crippen LogP contribution in [0, 0.1) is 6.92 Å². The summed E-state index contributed by atoms with van der Waals surface area (Å²) in [6, 6.07) is 10.7. The molecule has 1 amide bonds. The van der Waals surface area contributed by atoms with E-state index in [1.165, 1.54) is 6.07 Å². The maximum atomic E-state index is 12.1. The minimum absolute atomic E-state index is 0.145. The lowest BCUT2D eigenvalue weighted by atomic mass is 10.2. The van der Waals surface area contributed by atoms with E-state index in [0.29, 0.717) is 13.2 Å². The van der Waals surface area contributed by atoms with E-state index < -0.39 is 0 Å². The number of hydrogen-bond donors (Lipinski definition) is 1. The third-order valence-electron chi connectivity index (χ3n) is 2.95. The fraction of sp³-hybridized carbons (Fsp3) is 0.188. The number of carbonyl (C=O) groups is 1. The number of ether oxygens (including phenoxy) is 1. The summed E-state index contributed by atoms with van der Waals surface area (Å²) in [7, 11) is 0. The molecule has 116 valence electrons. The van der Waals surface area contributed by atoms with E-state index in [1.807, 2.05) is 31.2 Å². The van der Waals surface area contributed by atoms with Crippen LogP contribution in [0.25, 0.3) is 0 Å². The third-order valence-corrected chi connectivity index (χ3v) is 4.07. The number of rotatable bonds is 5. The van der Waals surface area contributed by atoms with Gasteiger partial charge in [-0.1, -0.05) is 52.5 Å². The first-order chi connectivity index (χ1) is 10.5. The molecule has 2 aromatic carbocycles. The van der Waals surface area contributed by atoms with E-state index in [-0.39, 0.29) is 26.5 Å². The molecule has 22 heavy (non-hydrogen) atoms. The van der Waals surface area contributed by atoms with Crippen LogP contribution in [0.4, 0.5) is 0 Å². The van der Waals surface area contributed by atoms with Gasteiger partial charge in [-0.25, -0.2) is 0 Å². The van der Waals surface area contributed by atoms with Gasteiger partial charge in [0, 0.05) is 0 Å². The molecule has 0 saturated carbocycles. The van der Waals surface area contributed by atoms with Gasteiger partial charge in [0.2, 0.25) is 0 Å². The zero-order valence-electron chi connectivity index (χ0n) is 11.8. The van der Waals surface area contributed by atoms with Gasteiger partial charge in [-0.15, -0.1) is 0 Å². The Morgan fingerprint density at radius 2 is 1.68 bits per heavy atom. The predicted octanol–water partition coefficient (Wildman–Crippen LogP) is 4.76. The number of halogens is 3. The maximum Gasteiger partial charge on any atom is 0.254 e. The topological polar surface area (TPSA) is 38.3 Å². The Kier molecular flexibility index (Phi) is 5.95. The number of hydrogen-bond acceptors (Lipinski definition) is 2. The molecule has 0 aliphatic heterocycles. The van der Waals surface area contributed by atoms with Crippen molar-refractivity contribution in [2.24, 2.45) is 0 Å². The summed E-state index contributed by atoms with van der Waals surface area (Å²) in [5.74, 6) is 0.365. The standard InChI is InChI=1S/C16H14Cl3NO2/c1-10-2-4-11(5-3-10)22-9-8-20-16(21)14-12(17)6-7-13(18)15(14)19/h2-7H,8-9H2,1H3,(H,20,21). The molecule has 0 atom stereocenters. The maximum absolute atomic E-state index is 12.1. The van der Waals surface area contributed by atoms with Crippen LogP contribution in [-0.4, -0.2) is 19.1 Å². The van der Waals surface area contributed by atoms with Gasteiger partial charge in [-0.3, -0.25) is 4.79 Å². The summed E-state index contributed by atoms with van der Waals surface area (Å²) in [6.07, 6.45) is 0. The van der Waals surface area contributed by atoms with Crippen LogP contribution < -0.4 is 10.1 Å². The molecule has 0 unspecified atom stereocenters. The summed E-state index contributed by atoms with van der Waals surface area (Å²) in [6.45, 7) is 2.67. The first kappa shape index (κ1) is 16.9. The van der Waals surface area contributed by atoms with Gasteiger partial charge < -0.3 is 10.1 Å². The lowest BCUT2D eigenvalue weighted by Gasteiger charge is -2.10. The SMILES string of the molecule is Cc1ccc(OCCNC(=O)c2c(Cl)ccc(Cl)c2Cl)cc1. The molecule has 6 heteroatoms. The molecule has 0 spiro atoms. The van der Waals surface area contributed by atoms with E-state index in [9.17, 15) is 4.79 Å². The van der Waals surface area contributed by atoms with E-state index in [1.54, 1.807) is 6.07 Å². The van der Waals surface area contributed by atoms with Crippen molar-refractivity contribution >= 4 is 40.7 Å². The largest absolute Gasteiger partial charge is 0.492 e. The zero-order chi connectivity index (χ0) is 16.1. The second-order valence-electron chi connectivity index (χ2n) is 4.64. The van der Waals surface area contributed by atoms with Crippen LogP contribution in [0.3, 0.4) is 0 Å². The molecule has 0 bridgehead atoms. The molecule has 0 fully saturated rings. The Labute approximate surface area is 144 Å². The summed E-state index contributed by atoms with van der Waals surface area (Å²) < 4.78 is 5.52. The van der Waals surface area contributed by atoms with Crippen molar-refractivity contribution in [1.29, 1.82) is 0 Å². The van der Waals surface area contributed by atoms with Gasteiger partial charge in [0.15, 0.2) is 0 Å². The lowest BCUT2D eigenvalue weighted by molar-refractivity contribution is 0.0947. The molecule has 0 aromatic heterocycles. The van der Waals surface area contributed by atoms with Gasteiger partial charge in [0.25, 0.3) is 5.91 Å². The number of benzene rings is 2. The molecule has 3 nitrogen and oxygen atoms in total. The first-order valence-electron chi connectivity index (χ1n) is 6.60. The number of nitrogens with one attached hydrogen (secondary N) is 1. The van der Waals surface area contributed by atoms with Crippen LogP contribution in [0.15, 0.2) is 36.4 Å². The van der Waals surface area contributed by atoms with E-state index >= 15 is 0 Å². The third kappa shape index (κ3) is 4.29. The minimum Gasteiger partial charge on any atom is -0.492 e. The molecule has 0 aliphatic rings. The van der Waals surface area contributed by atoms with Gasteiger partial charge in [0.1, 0.15) is 12.4 Å². The summed E-state index contributed by atoms with van der Waals surface area (Å²) in [5.41, 5.74) is 1.33. The molecule has 2 aromatic rings. The summed E-state index contributed by atoms with van der Waals surface area (Å²) in [4.78, 5) is 12.1. The average Bonchev–Trinajstić information content (AvgIpc) is 2.50. The van der Waals surface area contributed by atoms with E-state index in [4.69, 9.17) is 39.5 Å². The van der Waals surface area contributed by atoms with Crippen molar-refractivity contribution in [3.05, 3.63) is 62.6 Å². The van der Waals surface area contributed by atoms with E-state index in [0.717, 1.165) is 11.3 Å². The Balaban J connectivity index is 1.88. The second-order valence-corrected chi connectivity index (χ2v) is 5.83. The van der Waals surface area contributed by atoms with Gasteiger partial charge in [0.05, 0.1) is 27.2 Å². The van der Waals surface area contributed by atoms with Crippen LogP contribution in [0.5, 0.6) is 5.75 Å². The highest BCUT2D eigenvalue weighted by Gasteiger charge is 2.16. The van der Waals surface area contributed by atoms with Crippen LogP contribution >= 0.6 is 34.8 Å². The Morgan fingerprint density at radius 1 is 1.05 bits per heavy atom. The second kappa shape index (κ2) is 7.73. The van der Waals surface area contributed by atoms with Crippen molar-refractivity contribution in [1.82, 2.24) is 5.32 Å². The molecule has 2 rings (SSSR count). The molecule has 0 radical (unpaired) electrons. The molecule has 0 saturated heterocycles. The fourth-order valence-corrected chi connectivity index (χ4v) is 2.49. The highest BCUT2D eigenvalue weighted by atomic mass is 35.5. The van der Waals surface area contributed by atoms with Crippen LogP contribution in [0.1, 0.15) is 15.9 Å². The fourth-order valence-electron chi connectivity index (χ4n) is 1.79. The normalized spacial score (nSPS) is 10.4. The van der Waals surface area contributed by atoms with Crippen molar-refractivity contribution < 1.29 is 9.53 Å². The van der Waals surface area contributed by atoms with Crippen molar-refractivity contribution in [3.63, 3.8) is 0 Å². The van der Waals surface area contributed by atoms with Gasteiger partial charge >= 0.3 is 0 Å². The Morgan fingerprint density at radius 3 is 2.36 bits per heavy atom. The van der Waals surface area contributed by atoms with E-state index in [2.05, 4.69) is 5.32 Å². The quantitative estimate of drug-likeness (QED) is 0.618. The predicted molar refractivity (Wildman–Crippen MR) is 90.5 cm³/mol. The molecule has 0 heterocycles. The van der Waals surface area contributed by atoms with Crippen molar-refractivity contribution in [2.75, 3.05) is 13.2 Å². The lowest BCUT2D eigenvalue weighted by Crippen LogP contribution is -2.28. The highest BCUT2D eigenvalue weighted by molar-refractivity contribution is 6.46. The summed E-state index contributed by atoms with van der Waals surface area (Å²) >= 11 is 17.9. The van der Waals surface area contributed by atoms with Gasteiger partial charge in [-0.2, -0.15) is 0 Å². The molecule has 1 N–H and O–H groups in total. The highest BCUT2D eigenvalue weighted by Crippen LogP contribution is 2.31. The smallest absolute Gasteiger partial charge is 0.254 e.